The van der Waals surface area contributed by atoms with Crippen LogP contribution in [0.4, 0.5) is 5.69 Å². The Kier molecular flexibility index (Phi) is 7.61. The molecule has 5 rings (SSSR count). The highest BCUT2D eigenvalue weighted by atomic mass is 16.2. The molecule has 3 aromatic carbocycles. The van der Waals surface area contributed by atoms with Crippen molar-refractivity contribution in [2.45, 2.75) is 26.2 Å². The maximum absolute atomic E-state index is 13.1. The van der Waals surface area contributed by atoms with Crippen LogP contribution in [-0.2, 0) is 22.4 Å². The number of nitrogens with one attached hydrogen (secondary N) is 1. The van der Waals surface area contributed by atoms with E-state index in [0.717, 1.165) is 40.2 Å². The Hall–Kier alpha value is -3.97. The molecule has 0 aliphatic carbocycles. The summed E-state index contributed by atoms with van der Waals surface area (Å²) in [7, 11) is 0. The first kappa shape index (κ1) is 24.7. The number of aryl methyl sites for hydroxylation is 2. The number of nitrogens with zero attached hydrogens (tertiary/aromatic N) is 4. The number of imidazole rings is 1. The summed E-state index contributed by atoms with van der Waals surface area (Å²) >= 11 is 0. The van der Waals surface area contributed by atoms with E-state index < -0.39 is 0 Å². The van der Waals surface area contributed by atoms with Crippen molar-refractivity contribution in [2.24, 2.45) is 0 Å². The Bertz CT molecular complexity index is 1370. The molecule has 1 fully saturated rings. The second-order valence-electron chi connectivity index (χ2n) is 9.40. The van der Waals surface area contributed by atoms with Crippen molar-refractivity contribution in [3.63, 3.8) is 0 Å². The molecule has 7 nitrogen and oxygen atoms in total. The van der Waals surface area contributed by atoms with Crippen LogP contribution >= 0.6 is 0 Å². The third-order valence-corrected chi connectivity index (χ3v) is 6.97. The van der Waals surface area contributed by atoms with E-state index in [9.17, 15) is 9.59 Å². The molecule has 0 atom stereocenters. The van der Waals surface area contributed by atoms with Gasteiger partial charge in [-0.05, 0) is 42.3 Å². The number of rotatable bonds is 8. The molecular weight excluding hydrogens is 462 g/mol. The number of carbonyl (C=O) groups is 2. The van der Waals surface area contributed by atoms with Gasteiger partial charge in [0, 0.05) is 50.4 Å². The number of piperazine rings is 1. The number of para-hydroxylation sites is 4. The van der Waals surface area contributed by atoms with Crippen molar-refractivity contribution < 1.29 is 9.59 Å². The number of anilines is 1. The highest BCUT2D eigenvalue weighted by molar-refractivity contribution is 5.93. The first-order valence-electron chi connectivity index (χ1n) is 13.0. The smallest absolute Gasteiger partial charge is 0.238 e. The fraction of sp³-hybridized carbons (Fsp3) is 0.300. The second-order valence-corrected chi connectivity index (χ2v) is 9.40. The van der Waals surface area contributed by atoms with Crippen LogP contribution in [0.1, 0.15) is 24.7 Å². The van der Waals surface area contributed by atoms with Gasteiger partial charge < -0.3 is 10.2 Å². The monoisotopic (exact) mass is 495 g/mol. The third kappa shape index (κ3) is 5.73. The molecule has 1 N–H and O–H groups in total. The minimum absolute atomic E-state index is 0.0134. The van der Waals surface area contributed by atoms with Crippen molar-refractivity contribution in [3.8, 4) is 5.69 Å². The van der Waals surface area contributed by atoms with Crippen molar-refractivity contribution in [3.05, 3.63) is 90.3 Å². The third-order valence-electron chi connectivity index (χ3n) is 6.97. The standard InChI is InChI=1S/C30H33N5O2/c1-2-23-10-6-7-13-25(23)32-29(36)22-33-18-20-34(21-19-33)30(37)17-16-28-31-26-14-8-9-15-27(26)35(28)24-11-4-3-5-12-24/h3-15H,2,16-22H2,1H3,(H,32,36). The topological polar surface area (TPSA) is 70.5 Å². The molecule has 190 valence electrons. The predicted octanol–water partition coefficient (Wildman–Crippen LogP) is 4.30. The molecule has 1 aliphatic heterocycles. The SMILES string of the molecule is CCc1ccccc1NC(=O)CN1CCN(C(=O)CCc2nc3ccccc3n2-c2ccccc2)CC1. The Balaban J connectivity index is 1.16. The van der Waals surface area contributed by atoms with E-state index in [-0.39, 0.29) is 11.8 Å². The fourth-order valence-corrected chi connectivity index (χ4v) is 4.98. The van der Waals surface area contributed by atoms with Crippen LogP contribution in [0.15, 0.2) is 78.9 Å². The number of amides is 2. The molecule has 1 saturated heterocycles. The van der Waals surface area contributed by atoms with Crippen molar-refractivity contribution in [1.82, 2.24) is 19.4 Å². The maximum atomic E-state index is 13.1. The first-order valence-corrected chi connectivity index (χ1v) is 13.0. The van der Waals surface area contributed by atoms with Gasteiger partial charge in [0.1, 0.15) is 5.82 Å². The van der Waals surface area contributed by atoms with Gasteiger partial charge in [-0.2, -0.15) is 0 Å². The zero-order valence-electron chi connectivity index (χ0n) is 21.3. The minimum atomic E-state index is -0.0134. The Morgan fingerprint density at radius 2 is 1.57 bits per heavy atom. The Morgan fingerprint density at radius 1 is 0.865 bits per heavy atom. The molecule has 7 heteroatoms. The first-order chi connectivity index (χ1) is 18.1. The van der Waals surface area contributed by atoms with Gasteiger partial charge in [0.25, 0.3) is 0 Å². The van der Waals surface area contributed by atoms with E-state index in [4.69, 9.17) is 4.98 Å². The summed E-state index contributed by atoms with van der Waals surface area (Å²) < 4.78 is 2.15. The number of fused-ring (bicyclic) bond motifs is 1. The molecule has 0 bridgehead atoms. The zero-order chi connectivity index (χ0) is 25.6. The predicted molar refractivity (Wildman–Crippen MR) is 147 cm³/mol. The molecule has 37 heavy (non-hydrogen) atoms. The van der Waals surface area contributed by atoms with Crippen molar-refractivity contribution in [2.75, 3.05) is 38.0 Å². The van der Waals surface area contributed by atoms with E-state index in [2.05, 4.69) is 39.9 Å². The van der Waals surface area contributed by atoms with Gasteiger partial charge in [-0.1, -0.05) is 55.5 Å². The number of aromatic nitrogens is 2. The number of hydrogen-bond donors (Lipinski definition) is 1. The average molecular weight is 496 g/mol. The summed E-state index contributed by atoms with van der Waals surface area (Å²) in [5.74, 6) is 1.01. The largest absolute Gasteiger partial charge is 0.340 e. The lowest BCUT2D eigenvalue weighted by atomic mass is 10.1. The lowest BCUT2D eigenvalue weighted by Gasteiger charge is -2.34. The van der Waals surface area contributed by atoms with Crippen LogP contribution in [0, 0.1) is 0 Å². The Morgan fingerprint density at radius 3 is 2.35 bits per heavy atom. The molecule has 1 aliphatic rings. The number of carbonyl (C=O) groups excluding carboxylic acids is 2. The van der Waals surface area contributed by atoms with Crippen molar-refractivity contribution >= 4 is 28.5 Å². The lowest BCUT2D eigenvalue weighted by molar-refractivity contribution is -0.133. The normalized spacial score (nSPS) is 14.1. The molecular formula is C30H33N5O2. The molecule has 4 aromatic rings. The average Bonchev–Trinajstić information content (AvgIpc) is 3.31. The van der Waals surface area contributed by atoms with E-state index in [1.165, 1.54) is 0 Å². The number of benzene rings is 3. The van der Waals surface area contributed by atoms with Gasteiger partial charge in [-0.3, -0.25) is 19.1 Å². The quantitative estimate of drug-likeness (QED) is 0.396. The van der Waals surface area contributed by atoms with E-state index in [0.29, 0.717) is 45.6 Å². The van der Waals surface area contributed by atoms with Gasteiger partial charge in [-0.25, -0.2) is 4.98 Å². The summed E-state index contributed by atoms with van der Waals surface area (Å²) in [5, 5.41) is 3.04. The van der Waals surface area contributed by atoms with E-state index in [1.54, 1.807) is 0 Å². The van der Waals surface area contributed by atoms with Crippen LogP contribution in [0.3, 0.4) is 0 Å². The fourth-order valence-electron chi connectivity index (χ4n) is 4.98. The van der Waals surface area contributed by atoms with Crippen LogP contribution < -0.4 is 5.32 Å². The van der Waals surface area contributed by atoms with Gasteiger partial charge in [0.2, 0.25) is 11.8 Å². The number of hydrogen-bond acceptors (Lipinski definition) is 4. The van der Waals surface area contributed by atoms with Gasteiger partial charge in [-0.15, -0.1) is 0 Å². The van der Waals surface area contributed by atoms with Crippen LogP contribution in [0.25, 0.3) is 16.7 Å². The summed E-state index contributed by atoms with van der Waals surface area (Å²) in [6.07, 6.45) is 1.85. The van der Waals surface area contributed by atoms with Crippen LogP contribution in [-0.4, -0.2) is 63.9 Å². The van der Waals surface area contributed by atoms with Crippen molar-refractivity contribution in [1.29, 1.82) is 0 Å². The summed E-state index contributed by atoms with van der Waals surface area (Å²) in [4.78, 5) is 34.5. The molecule has 2 amide bonds. The van der Waals surface area contributed by atoms with Crippen LogP contribution in [0.2, 0.25) is 0 Å². The van der Waals surface area contributed by atoms with Gasteiger partial charge >= 0.3 is 0 Å². The van der Waals surface area contributed by atoms with E-state index in [1.807, 2.05) is 65.6 Å². The summed E-state index contributed by atoms with van der Waals surface area (Å²) in [6, 6.07) is 26.1. The highest BCUT2D eigenvalue weighted by Gasteiger charge is 2.23. The van der Waals surface area contributed by atoms with E-state index >= 15 is 0 Å². The summed E-state index contributed by atoms with van der Waals surface area (Å²) in [6.45, 7) is 5.06. The molecule has 0 spiro atoms. The lowest BCUT2D eigenvalue weighted by Crippen LogP contribution is -2.50. The highest BCUT2D eigenvalue weighted by Crippen LogP contribution is 2.22. The second kappa shape index (κ2) is 11.4. The van der Waals surface area contributed by atoms with Crippen LogP contribution in [0.5, 0.6) is 0 Å². The molecule has 0 unspecified atom stereocenters. The van der Waals surface area contributed by atoms with Gasteiger partial charge in [0.05, 0.1) is 17.6 Å². The molecule has 0 radical (unpaired) electrons. The van der Waals surface area contributed by atoms with Gasteiger partial charge in [0.15, 0.2) is 0 Å². The minimum Gasteiger partial charge on any atom is -0.340 e. The summed E-state index contributed by atoms with van der Waals surface area (Å²) in [5.41, 5.74) is 5.04. The molecule has 0 saturated carbocycles. The molecule has 2 heterocycles. The zero-order valence-corrected chi connectivity index (χ0v) is 21.3. The Labute approximate surface area is 217 Å². The molecule has 1 aromatic heterocycles. The maximum Gasteiger partial charge on any atom is 0.238 e.